The van der Waals surface area contributed by atoms with Crippen LogP contribution >= 0.6 is 0 Å². The van der Waals surface area contributed by atoms with E-state index in [4.69, 9.17) is 0 Å². The standard InChI is InChI=1S/C3H8.BF4.H3N/c1-3-2;2-1(3,4)5;/h3H2,1-2H3;;1H3/q;-1;. The Morgan fingerprint density at radius 2 is 1.00 bits per heavy atom. The lowest BCUT2D eigenvalue weighted by molar-refractivity contribution is 0.368. The van der Waals surface area contributed by atoms with Gasteiger partial charge in [0.15, 0.2) is 0 Å². The normalized spacial score (nSPS) is 8.67. The van der Waals surface area contributed by atoms with Crippen LogP contribution in [-0.4, -0.2) is 7.25 Å². The highest BCUT2D eigenvalue weighted by Crippen LogP contribution is 2.06. The molecule has 0 unspecified atom stereocenters. The third-order valence-corrected chi connectivity index (χ3v) is 0. The molecule has 3 N–H and O–H groups in total. The molecule has 0 spiro atoms. The molecule has 0 heterocycles. The molecule has 9 heavy (non-hydrogen) atoms. The third kappa shape index (κ3) is 3930. The molecule has 1 nitrogen and oxygen atoms in total. The predicted octanol–water partition coefficient (Wildman–Crippen LogP) is 2.88. The zero-order chi connectivity index (χ0) is 7.21. The van der Waals surface area contributed by atoms with E-state index < -0.39 is 7.25 Å². The van der Waals surface area contributed by atoms with Crippen molar-refractivity contribution in [3.05, 3.63) is 0 Å². The summed E-state index contributed by atoms with van der Waals surface area (Å²) >= 11 is 0. The van der Waals surface area contributed by atoms with Crippen molar-refractivity contribution in [2.75, 3.05) is 0 Å². The van der Waals surface area contributed by atoms with Crippen LogP contribution in [0, 0.1) is 0 Å². The number of hydrogen-bond donors (Lipinski definition) is 1. The molecule has 0 saturated carbocycles. The Kier molecular flexibility index (Phi) is 13.7. The molecular formula is C3H11BF4N-. The first kappa shape index (κ1) is 15.9. The molecule has 0 atom stereocenters. The van der Waals surface area contributed by atoms with Gasteiger partial charge in [-0.2, -0.15) is 0 Å². The van der Waals surface area contributed by atoms with Crippen molar-refractivity contribution in [2.45, 2.75) is 20.3 Å². The fourth-order valence-electron chi connectivity index (χ4n) is 0. The van der Waals surface area contributed by atoms with Crippen molar-refractivity contribution in [3.63, 3.8) is 0 Å². The van der Waals surface area contributed by atoms with Crippen molar-refractivity contribution >= 4 is 7.25 Å². The molecule has 60 valence electrons. The second kappa shape index (κ2) is 7.74. The summed E-state index contributed by atoms with van der Waals surface area (Å²) in [5.74, 6) is 0. The van der Waals surface area contributed by atoms with E-state index in [9.17, 15) is 17.3 Å². The van der Waals surface area contributed by atoms with Gasteiger partial charge in [0.05, 0.1) is 0 Å². The maximum Gasteiger partial charge on any atom is 0.673 e. The fourth-order valence-corrected chi connectivity index (χ4v) is 0. The van der Waals surface area contributed by atoms with Gasteiger partial charge in [-0.3, -0.25) is 0 Å². The Bertz CT molecular complexity index is 39.6. The molecule has 0 amide bonds. The lowest BCUT2D eigenvalue weighted by Gasteiger charge is -1.94. The van der Waals surface area contributed by atoms with Crippen LogP contribution in [0.3, 0.4) is 0 Å². The van der Waals surface area contributed by atoms with Crippen molar-refractivity contribution in [1.82, 2.24) is 6.15 Å². The van der Waals surface area contributed by atoms with E-state index in [2.05, 4.69) is 13.8 Å². The molecule has 0 aliphatic heterocycles. The first-order valence-electron chi connectivity index (χ1n) is 2.29. The monoisotopic (exact) mass is 148 g/mol. The zero-order valence-electron chi connectivity index (χ0n) is 5.50. The molecule has 0 rings (SSSR count). The van der Waals surface area contributed by atoms with E-state index in [1.807, 2.05) is 0 Å². The number of halogens is 4. The smallest absolute Gasteiger partial charge is 0.418 e. The summed E-state index contributed by atoms with van der Waals surface area (Å²) in [7, 11) is -6.00. The van der Waals surface area contributed by atoms with Gasteiger partial charge in [0.25, 0.3) is 0 Å². The van der Waals surface area contributed by atoms with Crippen LogP contribution < -0.4 is 6.15 Å². The average Bonchev–Trinajstić information content (AvgIpc) is 1.27. The van der Waals surface area contributed by atoms with Crippen LogP contribution in [-0.2, 0) is 0 Å². The van der Waals surface area contributed by atoms with Gasteiger partial charge in [-0.25, -0.2) is 0 Å². The summed E-state index contributed by atoms with van der Waals surface area (Å²) in [4.78, 5) is 0. The van der Waals surface area contributed by atoms with E-state index in [0.717, 1.165) is 0 Å². The highest BCUT2D eigenvalue weighted by Gasteiger charge is 2.20. The Balaban J connectivity index is -0.0000000800. The van der Waals surface area contributed by atoms with Crippen molar-refractivity contribution in [1.29, 1.82) is 0 Å². The molecule has 6 heteroatoms. The van der Waals surface area contributed by atoms with Crippen LogP contribution in [0.2, 0.25) is 0 Å². The van der Waals surface area contributed by atoms with Crippen LogP contribution in [0.15, 0.2) is 0 Å². The van der Waals surface area contributed by atoms with Gasteiger partial charge in [0.2, 0.25) is 0 Å². The van der Waals surface area contributed by atoms with E-state index in [-0.39, 0.29) is 6.15 Å². The van der Waals surface area contributed by atoms with Crippen LogP contribution in [0.1, 0.15) is 20.3 Å². The van der Waals surface area contributed by atoms with Gasteiger partial charge in [-0.1, -0.05) is 20.3 Å². The maximum atomic E-state index is 9.75. The zero-order valence-corrected chi connectivity index (χ0v) is 5.50. The molecule has 0 aliphatic rings. The number of hydrogen-bond acceptors (Lipinski definition) is 1. The fraction of sp³-hybridized carbons (Fsp3) is 1.00. The Morgan fingerprint density at radius 1 is 1.00 bits per heavy atom. The van der Waals surface area contributed by atoms with Gasteiger partial charge >= 0.3 is 7.25 Å². The van der Waals surface area contributed by atoms with Crippen LogP contribution in [0.25, 0.3) is 0 Å². The van der Waals surface area contributed by atoms with E-state index in [1.165, 1.54) is 6.42 Å². The summed E-state index contributed by atoms with van der Waals surface area (Å²) < 4.78 is 39.0. The highest BCUT2D eigenvalue weighted by atomic mass is 19.5. The van der Waals surface area contributed by atoms with Gasteiger partial charge in [0, 0.05) is 0 Å². The molecule has 0 radical (unpaired) electrons. The topological polar surface area (TPSA) is 35.0 Å². The molecule has 0 aromatic heterocycles. The predicted molar refractivity (Wildman–Crippen MR) is 31.2 cm³/mol. The van der Waals surface area contributed by atoms with Crippen molar-refractivity contribution in [2.24, 2.45) is 0 Å². The largest absolute Gasteiger partial charge is 0.673 e. The third-order valence-electron chi connectivity index (χ3n) is 0. The van der Waals surface area contributed by atoms with E-state index >= 15 is 0 Å². The summed E-state index contributed by atoms with van der Waals surface area (Å²) in [5.41, 5.74) is 0. The summed E-state index contributed by atoms with van der Waals surface area (Å²) in [5, 5.41) is 0. The summed E-state index contributed by atoms with van der Waals surface area (Å²) in [6, 6.07) is 0. The van der Waals surface area contributed by atoms with Crippen LogP contribution in [0.5, 0.6) is 0 Å². The van der Waals surface area contributed by atoms with E-state index in [0.29, 0.717) is 0 Å². The van der Waals surface area contributed by atoms with Gasteiger partial charge in [-0.05, 0) is 0 Å². The second-order valence-corrected chi connectivity index (χ2v) is 1.20. The van der Waals surface area contributed by atoms with Gasteiger partial charge in [0.1, 0.15) is 0 Å². The minimum absolute atomic E-state index is 0. The highest BCUT2D eigenvalue weighted by molar-refractivity contribution is 6.50. The molecule has 0 aliphatic carbocycles. The van der Waals surface area contributed by atoms with Crippen LogP contribution in [0.4, 0.5) is 17.3 Å². The second-order valence-electron chi connectivity index (χ2n) is 1.20. The average molecular weight is 148 g/mol. The van der Waals surface area contributed by atoms with Gasteiger partial charge in [-0.15, -0.1) is 0 Å². The molecule has 0 saturated heterocycles. The summed E-state index contributed by atoms with van der Waals surface area (Å²) in [6.07, 6.45) is 1.25. The van der Waals surface area contributed by atoms with Crippen molar-refractivity contribution < 1.29 is 17.3 Å². The Hall–Kier alpha value is -0.255. The molecular weight excluding hydrogens is 137 g/mol. The quantitative estimate of drug-likeness (QED) is 0.415. The number of rotatable bonds is 0. The van der Waals surface area contributed by atoms with E-state index in [1.54, 1.807) is 0 Å². The Morgan fingerprint density at radius 3 is 1.00 bits per heavy atom. The molecule has 0 aromatic rings. The molecule has 0 bridgehead atoms. The SMILES string of the molecule is CCC.F[B-](F)(F)F.N. The first-order valence-corrected chi connectivity index (χ1v) is 2.29. The lowest BCUT2D eigenvalue weighted by Crippen LogP contribution is -2.02. The molecule has 0 fully saturated rings. The Labute approximate surface area is 52.1 Å². The van der Waals surface area contributed by atoms with Crippen molar-refractivity contribution in [3.8, 4) is 0 Å². The molecule has 0 aromatic carbocycles. The first-order chi connectivity index (χ1) is 3.41. The minimum Gasteiger partial charge on any atom is -0.418 e. The van der Waals surface area contributed by atoms with Gasteiger partial charge < -0.3 is 23.4 Å². The summed E-state index contributed by atoms with van der Waals surface area (Å²) in [6.45, 7) is 4.25. The minimum atomic E-state index is -6.00. The maximum absolute atomic E-state index is 9.75. The lowest BCUT2D eigenvalue weighted by atomic mass is 10.3.